The summed E-state index contributed by atoms with van der Waals surface area (Å²) in [6.07, 6.45) is 2.96. The molecule has 4 heteroatoms. The topological polar surface area (TPSA) is 48.4 Å². The van der Waals surface area contributed by atoms with Crippen molar-refractivity contribution in [3.63, 3.8) is 0 Å². The lowest BCUT2D eigenvalue weighted by Gasteiger charge is -2.23. The minimum absolute atomic E-state index is 0.176. The average molecular weight is 251 g/mol. The Hall–Kier alpha value is -1.13. The molecule has 0 bridgehead atoms. The summed E-state index contributed by atoms with van der Waals surface area (Å²) >= 11 is 0. The summed E-state index contributed by atoms with van der Waals surface area (Å²) in [5.41, 5.74) is 2.14. The van der Waals surface area contributed by atoms with Gasteiger partial charge in [-0.05, 0) is 32.0 Å². The van der Waals surface area contributed by atoms with E-state index in [4.69, 9.17) is 5.11 Å². The fraction of sp³-hybridized carbons (Fsp3) is 0.643. The van der Waals surface area contributed by atoms with Crippen LogP contribution < -0.4 is 10.2 Å². The average Bonchev–Trinajstić information content (AvgIpc) is 2.39. The lowest BCUT2D eigenvalue weighted by Crippen LogP contribution is -2.27. The second kappa shape index (κ2) is 8.06. The summed E-state index contributed by atoms with van der Waals surface area (Å²) in [4.78, 5) is 6.66. The number of rotatable bonds is 8. The smallest absolute Gasteiger partial charge is 0.0606 e. The van der Waals surface area contributed by atoms with Crippen LogP contribution in [0.3, 0.4) is 0 Å². The number of nitrogens with one attached hydrogen (secondary N) is 1. The molecule has 1 rings (SSSR count). The highest BCUT2D eigenvalue weighted by Crippen LogP contribution is 2.16. The quantitative estimate of drug-likeness (QED) is 0.741. The van der Waals surface area contributed by atoms with Gasteiger partial charge in [0, 0.05) is 19.1 Å². The van der Waals surface area contributed by atoms with E-state index in [0.29, 0.717) is 6.54 Å². The SMILES string of the molecule is CCCN(CCO)c1ccc(C(C)NCC)nc1. The summed E-state index contributed by atoms with van der Waals surface area (Å²) in [7, 11) is 0. The maximum atomic E-state index is 9.07. The molecule has 2 N–H and O–H groups in total. The van der Waals surface area contributed by atoms with E-state index in [-0.39, 0.29) is 12.6 Å². The molecule has 0 radical (unpaired) electrons. The molecule has 0 aliphatic carbocycles. The van der Waals surface area contributed by atoms with Gasteiger partial charge in [0.15, 0.2) is 0 Å². The molecule has 18 heavy (non-hydrogen) atoms. The number of nitrogens with zero attached hydrogens (tertiary/aromatic N) is 2. The van der Waals surface area contributed by atoms with Gasteiger partial charge in [0.1, 0.15) is 0 Å². The van der Waals surface area contributed by atoms with Crippen LogP contribution in [-0.2, 0) is 0 Å². The van der Waals surface area contributed by atoms with Crippen LogP contribution >= 0.6 is 0 Å². The van der Waals surface area contributed by atoms with Crippen LogP contribution in [0.1, 0.15) is 38.9 Å². The van der Waals surface area contributed by atoms with Crippen LogP contribution in [0.5, 0.6) is 0 Å². The van der Waals surface area contributed by atoms with Crippen LogP contribution in [0.15, 0.2) is 18.3 Å². The first kappa shape index (κ1) is 14.9. The first-order valence-corrected chi connectivity index (χ1v) is 6.78. The van der Waals surface area contributed by atoms with Crippen molar-refractivity contribution in [2.24, 2.45) is 0 Å². The van der Waals surface area contributed by atoms with Crippen molar-refractivity contribution in [2.45, 2.75) is 33.2 Å². The number of anilines is 1. The third kappa shape index (κ3) is 4.27. The fourth-order valence-electron chi connectivity index (χ4n) is 2.01. The van der Waals surface area contributed by atoms with Crippen molar-refractivity contribution in [3.05, 3.63) is 24.0 Å². The molecule has 0 saturated heterocycles. The maximum Gasteiger partial charge on any atom is 0.0606 e. The van der Waals surface area contributed by atoms with Gasteiger partial charge in [-0.1, -0.05) is 13.8 Å². The van der Waals surface area contributed by atoms with E-state index in [2.05, 4.69) is 48.1 Å². The Bertz CT molecular complexity index is 320. The minimum Gasteiger partial charge on any atom is -0.395 e. The second-order valence-electron chi connectivity index (χ2n) is 4.43. The fourth-order valence-corrected chi connectivity index (χ4v) is 2.01. The van der Waals surface area contributed by atoms with E-state index in [1.54, 1.807) is 0 Å². The number of aliphatic hydroxyl groups excluding tert-OH is 1. The third-order valence-electron chi connectivity index (χ3n) is 2.95. The molecule has 0 fully saturated rings. The molecule has 4 nitrogen and oxygen atoms in total. The van der Waals surface area contributed by atoms with E-state index in [1.807, 2.05) is 6.20 Å². The summed E-state index contributed by atoms with van der Waals surface area (Å²) in [6.45, 7) is 9.08. The number of aliphatic hydroxyl groups is 1. The Kier molecular flexibility index (Phi) is 6.68. The van der Waals surface area contributed by atoms with E-state index >= 15 is 0 Å². The van der Waals surface area contributed by atoms with Crippen LogP contribution in [0, 0.1) is 0 Å². The minimum atomic E-state index is 0.176. The molecule has 1 atom stereocenters. The van der Waals surface area contributed by atoms with Crippen molar-refractivity contribution in [3.8, 4) is 0 Å². The molecular formula is C14H25N3O. The predicted octanol–water partition coefficient (Wildman–Crippen LogP) is 1.96. The molecule has 102 valence electrons. The number of hydrogen-bond donors (Lipinski definition) is 2. The zero-order valence-corrected chi connectivity index (χ0v) is 11.7. The summed E-state index contributed by atoms with van der Waals surface area (Å²) in [5, 5.41) is 12.4. The van der Waals surface area contributed by atoms with Crippen molar-refractivity contribution in [1.82, 2.24) is 10.3 Å². The van der Waals surface area contributed by atoms with Gasteiger partial charge in [0.05, 0.1) is 24.2 Å². The van der Waals surface area contributed by atoms with Crippen molar-refractivity contribution in [2.75, 3.05) is 31.1 Å². The van der Waals surface area contributed by atoms with Gasteiger partial charge < -0.3 is 15.3 Å². The standard InChI is InChI=1S/C14H25N3O/c1-4-8-17(9-10-18)13-6-7-14(16-11-13)12(3)15-5-2/h6-7,11-12,15,18H,4-5,8-10H2,1-3H3. The van der Waals surface area contributed by atoms with Crippen LogP contribution in [0.2, 0.25) is 0 Å². The van der Waals surface area contributed by atoms with Gasteiger partial charge in [0.25, 0.3) is 0 Å². The molecule has 1 aromatic heterocycles. The lowest BCUT2D eigenvalue weighted by molar-refractivity contribution is 0.302. The maximum absolute atomic E-state index is 9.07. The van der Waals surface area contributed by atoms with Gasteiger partial charge in [-0.15, -0.1) is 0 Å². The third-order valence-corrected chi connectivity index (χ3v) is 2.95. The monoisotopic (exact) mass is 251 g/mol. The van der Waals surface area contributed by atoms with Gasteiger partial charge in [0.2, 0.25) is 0 Å². The van der Waals surface area contributed by atoms with Gasteiger partial charge in [-0.3, -0.25) is 4.98 Å². The van der Waals surface area contributed by atoms with E-state index in [9.17, 15) is 0 Å². The van der Waals surface area contributed by atoms with Crippen LogP contribution in [-0.4, -0.2) is 36.3 Å². The van der Waals surface area contributed by atoms with E-state index in [0.717, 1.165) is 30.9 Å². The molecule has 0 aliphatic heterocycles. The molecule has 0 aliphatic rings. The van der Waals surface area contributed by atoms with Crippen molar-refractivity contribution in [1.29, 1.82) is 0 Å². The highest BCUT2D eigenvalue weighted by atomic mass is 16.3. The normalized spacial score (nSPS) is 12.4. The number of aromatic nitrogens is 1. The molecule has 0 aromatic carbocycles. The molecule has 1 aromatic rings. The summed E-state index contributed by atoms with van der Waals surface area (Å²) in [5.74, 6) is 0. The highest BCUT2D eigenvalue weighted by Gasteiger charge is 2.08. The van der Waals surface area contributed by atoms with E-state index in [1.165, 1.54) is 0 Å². The lowest BCUT2D eigenvalue weighted by atomic mass is 10.2. The predicted molar refractivity (Wildman–Crippen MR) is 75.9 cm³/mol. The number of hydrogen-bond acceptors (Lipinski definition) is 4. The second-order valence-corrected chi connectivity index (χ2v) is 4.43. The van der Waals surface area contributed by atoms with Gasteiger partial charge in [-0.2, -0.15) is 0 Å². The Labute approximate surface area is 110 Å². The van der Waals surface area contributed by atoms with Gasteiger partial charge in [-0.25, -0.2) is 0 Å². The molecular weight excluding hydrogens is 226 g/mol. The first-order valence-electron chi connectivity index (χ1n) is 6.78. The van der Waals surface area contributed by atoms with E-state index < -0.39 is 0 Å². The Morgan fingerprint density at radius 3 is 2.61 bits per heavy atom. The zero-order chi connectivity index (χ0) is 13.4. The molecule has 1 heterocycles. The molecule has 0 saturated carbocycles. The Morgan fingerprint density at radius 1 is 1.33 bits per heavy atom. The summed E-state index contributed by atoms with van der Waals surface area (Å²) in [6, 6.07) is 4.42. The highest BCUT2D eigenvalue weighted by molar-refractivity contribution is 5.44. The molecule has 1 unspecified atom stereocenters. The van der Waals surface area contributed by atoms with Gasteiger partial charge >= 0.3 is 0 Å². The molecule has 0 amide bonds. The number of pyridine rings is 1. The largest absolute Gasteiger partial charge is 0.395 e. The van der Waals surface area contributed by atoms with Crippen molar-refractivity contribution < 1.29 is 5.11 Å². The molecule has 0 spiro atoms. The van der Waals surface area contributed by atoms with Crippen LogP contribution in [0.25, 0.3) is 0 Å². The van der Waals surface area contributed by atoms with Crippen molar-refractivity contribution >= 4 is 5.69 Å². The first-order chi connectivity index (χ1) is 8.72. The Balaban J connectivity index is 2.73. The summed E-state index contributed by atoms with van der Waals surface area (Å²) < 4.78 is 0. The van der Waals surface area contributed by atoms with Crippen LogP contribution in [0.4, 0.5) is 5.69 Å². The Morgan fingerprint density at radius 2 is 2.11 bits per heavy atom. The zero-order valence-electron chi connectivity index (χ0n) is 11.7.